The lowest BCUT2D eigenvalue weighted by Crippen LogP contribution is -2.15. The first kappa shape index (κ1) is 13.1. The van der Waals surface area contributed by atoms with Crippen molar-refractivity contribution >= 4 is 11.6 Å². The van der Waals surface area contributed by atoms with Crippen LogP contribution in [0.15, 0.2) is 36.9 Å². The number of rotatable bonds is 4. The molecule has 0 radical (unpaired) electrons. The van der Waals surface area contributed by atoms with E-state index in [1.54, 1.807) is 38.7 Å². The number of carbonyl (C=O) groups is 1. The van der Waals surface area contributed by atoms with Crippen LogP contribution in [0.25, 0.3) is 0 Å². The molecule has 0 aliphatic rings. The molecule has 3 aromatic rings. The Morgan fingerprint density at radius 3 is 2.81 bits per heavy atom. The van der Waals surface area contributed by atoms with Crippen molar-refractivity contribution in [1.29, 1.82) is 0 Å². The fourth-order valence-electron chi connectivity index (χ4n) is 1.90. The number of carbonyl (C=O) groups excluding carboxylic acids is 1. The summed E-state index contributed by atoms with van der Waals surface area (Å²) < 4.78 is 5.07. The SMILES string of the molecule is Cc1c(NC(=O)c2ccn(Cn3cccn3)n2)cnn1C. The molecule has 0 saturated carbocycles. The van der Waals surface area contributed by atoms with Crippen molar-refractivity contribution in [3.05, 3.63) is 48.3 Å². The zero-order chi connectivity index (χ0) is 14.8. The predicted octanol–water partition coefficient (Wildman–Crippen LogP) is 0.880. The van der Waals surface area contributed by atoms with Gasteiger partial charge in [0, 0.05) is 25.6 Å². The number of aryl methyl sites for hydroxylation is 1. The fraction of sp³-hybridized carbons (Fsp3) is 0.231. The normalized spacial score (nSPS) is 10.8. The molecule has 0 spiro atoms. The molecular formula is C13H15N7O. The van der Waals surface area contributed by atoms with Gasteiger partial charge in [-0.3, -0.25) is 18.8 Å². The van der Waals surface area contributed by atoms with E-state index in [0.717, 1.165) is 5.69 Å². The van der Waals surface area contributed by atoms with Gasteiger partial charge in [-0.2, -0.15) is 15.3 Å². The largest absolute Gasteiger partial charge is 0.318 e. The lowest BCUT2D eigenvalue weighted by molar-refractivity contribution is 0.102. The van der Waals surface area contributed by atoms with Crippen LogP contribution in [0, 0.1) is 6.92 Å². The first-order valence-electron chi connectivity index (χ1n) is 6.44. The summed E-state index contributed by atoms with van der Waals surface area (Å²) >= 11 is 0. The number of hydrogen-bond donors (Lipinski definition) is 1. The van der Waals surface area contributed by atoms with Crippen LogP contribution in [0.5, 0.6) is 0 Å². The van der Waals surface area contributed by atoms with Crippen molar-refractivity contribution in [2.45, 2.75) is 13.6 Å². The summed E-state index contributed by atoms with van der Waals surface area (Å²) in [6.45, 7) is 2.35. The first-order chi connectivity index (χ1) is 10.1. The molecule has 1 N–H and O–H groups in total. The molecular weight excluding hydrogens is 270 g/mol. The van der Waals surface area contributed by atoms with E-state index in [0.29, 0.717) is 18.1 Å². The molecule has 21 heavy (non-hydrogen) atoms. The van der Waals surface area contributed by atoms with Crippen LogP contribution in [-0.2, 0) is 13.7 Å². The molecule has 0 atom stereocenters. The van der Waals surface area contributed by atoms with Crippen LogP contribution in [-0.4, -0.2) is 35.2 Å². The minimum atomic E-state index is -0.259. The van der Waals surface area contributed by atoms with Crippen molar-refractivity contribution in [3.8, 4) is 0 Å². The van der Waals surface area contributed by atoms with E-state index in [9.17, 15) is 4.79 Å². The smallest absolute Gasteiger partial charge is 0.276 e. The maximum atomic E-state index is 12.1. The zero-order valence-corrected chi connectivity index (χ0v) is 11.8. The topological polar surface area (TPSA) is 82.6 Å². The number of anilines is 1. The Hall–Kier alpha value is -2.90. The summed E-state index contributed by atoms with van der Waals surface area (Å²) in [5, 5.41) is 15.2. The number of nitrogens with zero attached hydrogens (tertiary/aromatic N) is 6. The van der Waals surface area contributed by atoms with Gasteiger partial charge in [0.2, 0.25) is 0 Å². The number of hydrogen-bond acceptors (Lipinski definition) is 4. The average molecular weight is 285 g/mol. The zero-order valence-electron chi connectivity index (χ0n) is 11.8. The van der Waals surface area contributed by atoms with Crippen LogP contribution in [0.3, 0.4) is 0 Å². The van der Waals surface area contributed by atoms with Gasteiger partial charge < -0.3 is 5.32 Å². The van der Waals surface area contributed by atoms with Crippen molar-refractivity contribution in [3.63, 3.8) is 0 Å². The molecule has 108 valence electrons. The van der Waals surface area contributed by atoms with Crippen LogP contribution in [0.2, 0.25) is 0 Å². The highest BCUT2D eigenvalue weighted by molar-refractivity contribution is 6.03. The third-order valence-corrected chi connectivity index (χ3v) is 3.21. The number of amides is 1. The molecule has 0 fully saturated rings. The monoisotopic (exact) mass is 285 g/mol. The number of aromatic nitrogens is 6. The molecule has 0 aromatic carbocycles. The van der Waals surface area contributed by atoms with Crippen LogP contribution in [0.1, 0.15) is 16.2 Å². The quantitative estimate of drug-likeness (QED) is 0.771. The van der Waals surface area contributed by atoms with Gasteiger partial charge >= 0.3 is 0 Å². The Kier molecular flexibility index (Phi) is 3.27. The molecule has 3 heterocycles. The highest BCUT2D eigenvalue weighted by atomic mass is 16.2. The van der Waals surface area contributed by atoms with Crippen molar-refractivity contribution in [2.75, 3.05) is 5.32 Å². The van der Waals surface area contributed by atoms with Crippen LogP contribution < -0.4 is 5.32 Å². The van der Waals surface area contributed by atoms with E-state index < -0.39 is 0 Å². The van der Waals surface area contributed by atoms with Gasteiger partial charge in [0.25, 0.3) is 5.91 Å². The second-order valence-electron chi connectivity index (χ2n) is 4.65. The Morgan fingerprint density at radius 1 is 1.29 bits per heavy atom. The van der Waals surface area contributed by atoms with E-state index in [4.69, 9.17) is 0 Å². The lowest BCUT2D eigenvalue weighted by atomic mass is 10.3. The Bertz CT molecular complexity index is 753. The van der Waals surface area contributed by atoms with E-state index in [1.165, 1.54) is 0 Å². The Balaban J connectivity index is 1.71. The van der Waals surface area contributed by atoms with E-state index >= 15 is 0 Å². The summed E-state index contributed by atoms with van der Waals surface area (Å²) in [7, 11) is 1.82. The molecule has 0 unspecified atom stereocenters. The highest BCUT2D eigenvalue weighted by Crippen LogP contribution is 2.13. The molecule has 0 aliphatic carbocycles. The van der Waals surface area contributed by atoms with Gasteiger partial charge in [-0.15, -0.1) is 0 Å². The van der Waals surface area contributed by atoms with E-state index in [2.05, 4.69) is 20.6 Å². The Morgan fingerprint density at radius 2 is 2.14 bits per heavy atom. The standard InChI is InChI=1S/C13H15N7O/c1-10-12(8-15-18(10)2)16-13(21)11-4-7-20(17-11)9-19-6-3-5-14-19/h3-8H,9H2,1-2H3,(H,16,21). The minimum absolute atomic E-state index is 0.259. The van der Waals surface area contributed by atoms with E-state index in [-0.39, 0.29) is 5.91 Å². The minimum Gasteiger partial charge on any atom is -0.318 e. The first-order valence-corrected chi connectivity index (χ1v) is 6.44. The molecule has 8 nitrogen and oxygen atoms in total. The van der Waals surface area contributed by atoms with Crippen LogP contribution >= 0.6 is 0 Å². The van der Waals surface area contributed by atoms with Gasteiger partial charge in [-0.05, 0) is 19.1 Å². The van der Waals surface area contributed by atoms with Gasteiger partial charge in [0.15, 0.2) is 5.69 Å². The lowest BCUT2D eigenvalue weighted by Gasteiger charge is -2.03. The van der Waals surface area contributed by atoms with Crippen LogP contribution in [0.4, 0.5) is 5.69 Å². The maximum absolute atomic E-state index is 12.1. The van der Waals surface area contributed by atoms with Crippen molar-refractivity contribution in [2.24, 2.45) is 7.05 Å². The van der Waals surface area contributed by atoms with Gasteiger partial charge in [-0.1, -0.05) is 0 Å². The number of nitrogens with one attached hydrogen (secondary N) is 1. The fourth-order valence-corrected chi connectivity index (χ4v) is 1.90. The Labute approximate surface area is 121 Å². The molecule has 0 bridgehead atoms. The summed E-state index contributed by atoms with van der Waals surface area (Å²) in [4.78, 5) is 12.1. The summed E-state index contributed by atoms with van der Waals surface area (Å²) in [5.74, 6) is -0.259. The van der Waals surface area contributed by atoms with Crippen molar-refractivity contribution in [1.82, 2.24) is 29.3 Å². The highest BCUT2D eigenvalue weighted by Gasteiger charge is 2.13. The average Bonchev–Trinajstić information content (AvgIpc) is 3.18. The second kappa shape index (κ2) is 5.23. The second-order valence-corrected chi connectivity index (χ2v) is 4.65. The third kappa shape index (κ3) is 2.69. The molecule has 0 aliphatic heterocycles. The van der Waals surface area contributed by atoms with Crippen molar-refractivity contribution < 1.29 is 4.79 Å². The van der Waals surface area contributed by atoms with Gasteiger partial charge in [-0.25, -0.2) is 0 Å². The summed E-state index contributed by atoms with van der Waals surface area (Å²) in [6, 6.07) is 3.51. The van der Waals surface area contributed by atoms with Gasteiger partial charge in [0.1, 0.15) is 6.67 Å². The molecule has 3 rings (SSSR count). The molecule has 1 amide bonds. The predicted molar refractivity (Wildman–Crippen MR) is 75.8 cm³/mol. The maximum Gasteiger partial charge on any atom is 0.276 e. The van der Waals surface area contributed by atoms with Gasteiger partial charge in [0.05, 0.1) is 17.6 Å². The van der Waals surface area contributed by atoms with E-state index in [1.807, 2.05) is 26.2 Å². The summed E-state index contributed by atoms with van der Waals surface area (Å²) in [6.07, 6.45) is 6.89. The third-order valence-electron chi connectivity index (χ3n) is 3.21. The summed E-state index contributed by atoms with van der Waals surface area (Å²) in [5.41, 5.74) is 1.92. The molecule has 0 saturated heterocycles. The molecule has 3 aromatic heterocycles. The molecule has 8 heteroatoms.